The Balaban J connectivity index is 2.72. The van der Waals surface area contributed by atoms with Crippen molar-refractivity contribution in [2.24, 2.45) is 0 Å². The number of carboxylic acid groups (broad SMARTS) is 1. The maximum atomic E-state index is 11.2. The summed E-state index contributed by atoms with van der Waals surface area (Å²) in [5, 5.41) is 9.17. The minimum Gasteiger partial charge on any atom is -0.478 e. The van der Waals surface area contributed by atoms with Crippen LogP contribution in [0.1, 0.15) is 10.4 Å². The van der Waals surface area contributed by atoms with Gasteiger partial charge >= 0.3 is 5.97 Å². The Morgan fingerprint density at radius 2 is 1.94 bits per heavy atom. The van der Waals surface area contributed by atoms with Crippen LogP contribution in [0, 0.1) is 0 Å². The van der Waals surface area contributed by atoms with Crippen LogP contribution in [-0.2, 0) is 0 Å². The average molecular weight is 293 g/mol. The summed E-state index contributed by atoms with van der Waals surface area (Å²) in [4.78, 5) is 15.2. The van der Waals surface area contributed by atoms with E-state index in [1.54, 1.807) is 0 Å². The zero-order valence-electron chi connectivity index (χ0n) is 8.72. The lowest BCUT2D eigenvalue weighted by atomic mass is 10.0. The lowest BCUT2D eigenvalue weighted by Crippen LogP contribution is -2.04. The smallest absolute Gasteiger partial charge is 0.336 e. The topological polar surface area (TPSA) is 76.2 Å². The Hall–Kier alpha value is -1.88. The fourth-order valence-corrected chi connectivity index (χ4v) is 2.23. The molecule has 86 valence electrons. The van der Waals surface area contributed by atoms with Gasteiger partial charge in [0.2, 0.25) is 0 Å². The maximum absolute atomic E-state index is 11.2. The van der Waals surface area contributed by atoms with Crippen molar-refractivity contribution < 1.29 is 9.90 Å². The van der Waals surface area contributed by atoms with Gasteiger partial charge in [0.1, 0.15) is 10.4 Å². The molecule has 1 aromatic carbocycles. The first-order valence-corrected chi connectivity index (χ1v) is 5.63. The molecular formula is C12H9BrN2O2. The van der Waals surface area contributed by atoms with E-state index in [0.717, 1.165) is 5.56 Å². The Morgan fingerprint density at radius 1 is 1.29 bits per heavy atom. The quantitative estimate of drug-likeness (QED) is 0.835. The molecule has 0 amide bonds. The molecule has 17 heavy (non-hydrogen) atoms. The largest absolute Gasteiger partial charge is 0.478 e. The van der Waals surface area contributed by atoms with Crippen LogP contribution in [0.3, 0.4) is 0 Å². The molecule has 0 aliphatic rings. The lowest BCUT2D eigenvalue weighted by molar-refractivity contribution is 0.0697. The second-order valence-corrected chi connectivity index (χ2v) is 4.18. The van der Waals surface area contributed by atoms with Gasteiger partial charge in [-0.3, -0.25) is 0 Å². The van der Waals surface area contributed by atoms with Gasteiger partial charge in [-0.05, 0) is 27.6 Å². The van der Waals surface area contributed by atoms with Crippen LogP contribution in [0.15, 0.2) is 41.0 Å². The second kappa shape index (κ2) is 4.55. The van der Waals surface area contributed by atoms with E-state index in [1.165, 1.54) is 6.07 Å². The summed E-state index contributed by atoms with van der Waals surface area (Å²) in [5.74, 6) is -0.854. The van der Waals surface area contributed by atoms with Gasteiger partial charge in [0.15, 0.2) is 0 Å². The molecule has 2 aromatic rings. The molecule has 0 radical (unpaired) electrons. The Kier molecular flexibility index (Phi) is 3.10. The van der Waals surface area contributed by atoms with Gasteiger partial charge in [0, 0.05) is 5.56 Å². The van der Waals surface area contributed by atoms with Crippen LogP contribution in [0.4, 0.5) is 5.82 Å². The van der Waals surface area contributed by atoms with E-state index in [0.29, 0.717) is 10.2 Å². The van der Waals surface area contributed by atoms with E-state index in [9.17, 15) is 9.90 Å². The molecule has 4 nitrogen and oxygen atoms in total. The minimum absolute atomic E-state index is 0.135. The normalized spacial score (nSPS) is 10.2. The Labute approximate surface area is 106 Å². The molecule has 0 saturated heterocycles. The Bertz CT molecular complexity index is 570. The molecule has 0 aliphatic carbocycles. The highest BCUT2D eigenvalue weighted by atomic mass is 79.9. The van der Waals surface area contributed by atoms with Crippen molar-refractivity contribution in [2.45, 2.75) is 0 Å². The molecule has 0 aliphatic heterocycles. The summed E-state index contributed by atoms with van der Waals surface area (Å²) in [6.45, 7) is 0. The molecule has 3 N–H and O–H groups in total. The first kappa shape index (κ1) is 11.6. The molecule has 0 spiro atoms. The summed E-state index contributed by atoms with van der Waals surface area (Å²) in [7, 11) is 0. The molecule has 0 atom stereocenters. The average Bonchev–Trinajstić information content (AvgIpc) is 2.29. The van der Waals surface area contributed by atoms with Crippen molar-refractivity contribution in [1.29, 1.82) is 0 Å². The number of nitrogens with two attached hydrogens (primary N) is 1. The number of rotatable bonds is 2. The van der Waals surface area contributed by atoms with Crippen LogP contribution in [-0.4, -0.2) is 16.1 Å². The van der Waals surface area contributed by atoms with E-state index in [4.69, 9.17) is 5.73 Å². The zero-order chi connectivity index (χ0) is 12.4. The van der Waals surface area contributed by atoms with Gasteiger partial charge in [0.25, 0.3) is 0 Å². The number of pyridine rings is 1. The van der Waals surface area contributed by atoms with Crippen LogP contribution < -0.4 is 5.73 Å². The summed E-state index contributed by atoms with van der Waals surface area (Å²) in [5.41, 5.74) is 6.99. The van der Waals surface area contributed by atoms with Gasteiger partial charge in [0.05, 0.1) is 5.56 Å². The van der Waals surface area contributed by atoms with Gasteiger partial charge in [-0.15, -0.1) is 0 Å². The summed E-state index contributed by atoms with van der Waals surface area (Å²) in [6, 6.07) is 10.5. The van der Waals surface area contributed by atoms with E-state index < -0.39 is 5.97 Å². The van der Waals surface area contributed by atoms with Gasteiger partial charge in [-0.2, -0.15) is 0 Å². The van der Waals surface area contributed by atoms with E-state index >= 15 is 0 Å². The van der Waals surface area contributed by atoms with Crippen molar-refractivity contribution >= 4 is 27.7 Å². The number of hydrogen-bond acceptors (Lipinski definition) is 3. The highest BCUT2D eigenvalue weighted by Gasteiger charge is 2.16. The molecule has 1 heterocycles. The summed E-state index contributed by atoms with van der Waals surface area (Å²) in [6.07, 6.45) is 0. The minimum atomic E-state index is -1.03. The number of anilines is 1. The second-order valence-electron chi connectivity index (χ2n) is 3.43. The Morgan fingerprint density at radius 3 is 2.53 bits per heavy atom. The lowest BCUT2D eigenvalue weighted by Gasteiger charge is -2.09. The predicted octanol–water partition coefficient (Wildman–Crippen LogP) is 2.79. The molecule has 5 heteroatoms. The maximum Gasteiger partial charge on any atom is 0.336 e. The zero-order valence-corrected chi connectivity index (χ0v) is 10.3. The van der Waals surface area contributed by atoms with Crippen LogP contribution in [0.2, 0.25) is 0 Å². The molecule has 1 aromatic heterocycles. The molecule has 0 bridgehead atoms. The summed E-state index contributed by atoms with van der Waals surface area (Å²) >= 11 is 3.25. The number of carboxylic acids is 1. The third-order valence-corrected chi connectivity index (χ3v) is 2.86. The molecule has 0 unspecified atom stereocenters. The van der Waals surface area contributed by atoms with Crippen molar-refractivity contribution in [3.8, 4) is 11.1 Å². The van der Waals surface area contributed by atoms with Crippen molar-refractivity contribution in [2.75, 3.05) is 5.73 Å². The van der Waals surface area contributed by atoms with Crippen LogP contribution in [0.5, 0.6) is 0 Å². The number of hydrogen-bond donors (Lipinski definition) is 2. The number of benzene rings is 1. The van der Waals surface area contributed by atoms with Gasteiger partial charge in [-0.1, -0.05) is 30.3 Å². The number of aromatic carboxylic acids is 1. The van der Waals surface area contributed by atoms with Crippen molar-refractivity contribution in [3.63, 3.8) is 0 Å². The van der Waals surface area contributed by atoms with E-state index in [1.807, 2.05) is 30.3 Å². The first-order valence-electron chi connectivity index (χ1n) is 4.84. The molecule has 2 rings (SSSR count). The van der Waals surface area contributed by atoms with E-state index in [2.05, 4.69) is 20.9 Å². The number of nitrogens with zero attached hydrogens (tertiary/aromatic N) is 1. The third kappa shape index (κ3) is 2.29. The number of nitrogen functional groups attached to an aromatic ring is 1. The van der Waals surface area contributed by atoms with Crippen molar-refractivity contribution in [1.82, 2.24) is 4.98 Å². The fourth-order valence-electron chi connectivity index (χ4n) is 1.58. The first-order chi connectivity index (χ1) is 8.09. The molecule has 0 saturated carbocycles. The van der Waals surface area contributed by atoms with Crippen LogP contribution in [0.25, 0.3) is 11.1 Å². The SMILES string of the molecule is Nc1cc(C(=O)O)c(-c2ccccc2)c(Br)n1. The fraction of sp³-hybridized carbons (Fsp3) is 0. The van der Waals surface area contributed by atoms with Gasteiger partial charge < -0.3 is 10.8 Å². The third-order valence-electron chi connectivity index (χ3n) is 2.29. The summed E-state index contributed by atoms with van der Waals surface area (Å²) < 4.78 is 0.432. The molecule has 0 fully saturated rings. The highest BCUT2D eigenvalue weighted by Crippen LogP contribution is 2.31. The standard InChI is InChI=1S/C12H9BrN2O2/c13-11-10(7-4-2-1-3-5-7)8(12(16)17)6-9(14)15-11/h1-6H,(H2,14,15)(H,16,17). The highest BCUT2D eigenvalue weighted by molar-refractivity contribution is 9.10. The number of aromatic nitrogens is 1. The predicted molar refractivity (Wildman–Crippen MR) is 68.7 cm³/mol. The van der Waals surface area contributed by atoms with Crippen molar-refractivity contribution in [3.05, 3.63) is 46.6 Å². The molecular weight excluding hydrogens is 284 g/mol. The monoisotopic (exact) mass is 292 g/mol. The van der Waals surface area contributed by atoms with Gasteiger partial charge in [-0.25, -0.2) is 9.78 Å². The number of carbonyl (C=O) groups is 1. The van der Waals surface area contributed by atoms with E-state index in [-0.39, 0.29) is 11.4 Å². The number of halogens is 1. The van der Waals surface area contributed by atoms with Crippen LogP contribution >= 0.6 is 15.9 Å².